The number of H-pyrrole nitrogens is 1. The maximum atomic E-state index is 12.0. The average molecular weight is 391 g/mol. The van der Waals surface area contributed by atoms with Crippen LogP contribution < -0.4 is 15.6 Å². The van der Waals surface area contributed by atoms with Crippen molar-refractivity contribution in [3.63, 3.8) is 0 Å². The molecule has 0 aliphatic heterocycles. The van der Waals surface area contributed by atoms with Crippen LogP contribution in [0, 0.1) is 13.8 Å². The zero-order valence-electron chi connectivity index (χ0n) is 13.8. The molecule has 1 aromatic carbocycles. The third-order valence-electron chi connectivity index (χ3n) is 3.54. The van der Waals surface area contributed by atoms with Gasteiger partial charge in [-0.25, -0.2) is 0 Å². The van der Waals surface area contributed by atoms with Gasteiger partial charge in [-0.15, -0.1) is 0 Å². The smallest absolute Gasteiger partial charge is 0.253 e. The average Bonchev–Trinajstić information content (AvgIpc) is 2.52. The molecule has 0 aliphatic carbocycles. The number of methoxy groups -OCH3 is 1. The zero-order chi connectivity index (χ0) is 17.7. The number of rotatable bonds is 5. The summed E-state index contributed by atoms with van der Waals surface area (Å²) in [5.74, 6) is 0.393. The van der Waals surface area contributed by atoms with E-state index in [0.717, 1.165) is 21.3 Å². The molecule has 2 N–H and O–H groups in total. The van der Waals surface area contributed by atoms with E-state index in [9.17, 15) is 9.59 Å². The lowest BCUT2D eigenvalue weighted by molar-refractivity contribution is -0.116. The van der Waals surface area contributed by atoms with Gasteiger partial charge in [0.1, 0.15) is 5.75 Å². The van der Waals surface area contributed by atoms with Crippen molar-refractivity contribution in [1.29, 1.82) is 0 Å². The number of amides is 1. The second-order valence-electron chi connectivity index (χ2n) is 5.38. The van der Waals surface area contributed by atoms with Gasteiger partial charge in [0.15, 0.2) is 0 Å². The Kier molecular flexibility index (Phi) is 5.98. The summed E-state index contributed by atoms with van der Waals surface area (Å²) in [6, 6.07) is 7.42. The SMILES string of the molecule is COc1ccc(Br)cc1/C=C/C(=O)NCc1c(C)cc(C)[nH]c1=O. The highest BCUT2D eigenvalue weighted by molar-refractivity contribution is 9.10. The van der Waals surface area contributed by atoms with E-state index >= 15 is 0 Å². The van der Waals surface area contributed by atoms with E-state index in [0.29, 0.717) is 11.3 Å². The molecule has 2 rings (SSSR count). The molecule has 0 spiro atoms. The van der Waals surface area contributed by atoms with Gasteiger partial charge in [0.2, 0.25) is 5.91 Å². The minimum Gasteiger partial charge on any atom is -0.496 e. The number of halogens is 1. The normalized spacial score (nSPS) is 10.8. The van der Waals surface area contributed by atoms with Crippen molar-refractivity contribution in [1.82, 2.24) is 10.3 Å². The van der Waals surface area contributed by atoms with Gasteiger partial charge in [0.25, 0.3) is 5.56 Å². The number of pyridine rings is 1. The molecule has 0 radical (unpaired) electrons. The summed E-state index contributed by atoms with van der Waals surface area (Å²) in [7, 11) is 1.58. The number of ether oxygens (including phenoxy) is 1. The zero-order valence-corrected chi connectivity index (χ0v) is 15.4. The largest absolute Gasteiger partial charge is 0.496 e. The molecule has 5 nitrogen and oxygen atoms in total. The summed E-state index contributed by atoms with van der Waals surface area (Å²) in [5, 5.41) is 2.72. The van der Waals surface area contributed by atoms with E-state index in [-0.39, 0.29) is 18.0 Å². The summed E-state index contributed by atoms with van der Waals surface area (Å²) in [6.07, 6.45) is 3.09. The van der Waals surface area contributed by atoms with E-state index in [1.807, 2.05) is 38.1 Å². The third kappa shape index (κ3) is 4.58. The van der Waals surface area contributed by atoms with Gasteiger partial charge in [-0.05, 0) is 49.8 Å². The molecular weight excluding hydrogens is 372 g/mol. The van der Waals surface area contributed by atoms with Crippen molar-refractivity contribution in [2.45, 2.75) is 20.4 Å². The fourth-order valence-electron chi connectivity index (χ4n) is 2.34. The maximum Gasteiger partial charge on any atom is 0.253 e. The van der Waals surface area contributed by atoms with Gasteiger partial charge in [-0.2, -0.15) is 0 Å². The Bertz CT molecular complexity index is 841. The molecule has 0 fully saturated rings. The number of hydrogen-bond acceptors (Lipinski definition) is 3. The molecule has 24 heavy (non-hydrogen) atoms. The maximum absolute atomic E-state index is 12.0. The number of nitrogens with one attached hydrogen (secondary N) is 2. The van der Waals surface area contributed by atoms with E-state index in [2.05, 4.69) is 26.2 Å². The fraction of sp³-hybridized carbons (Fsp3) is 0.222. The van der Waals surface area contributed by atoms with Crippen LogP contribution >= 0.6 is 15.9 Å². The van der Waals surface area contributed by atoms with Crippen molar-refractivity contribution in [3.05, 3.63) is 67.6 Å². The lowest BCUT2D eigenvalue weighted by Gasteiger charge is -2.07. The van der Waals surface area contributed by atoms with Crippen molar-refractivity contribution in [2.24, 2.45) is 0 Å². The third-order valence-corrected chi connectivity index (χ3v) is 4.03. The van der Waals surface area contributed by atoms with Gasteiger partial charge in [0, 0.05) is 33.9 Å². The van der Waals surface area contributed by atoms with Crippen LogP contribution in [0.3, 0.4) is 0 Å². The minimum absolute atomic E-state index is 0.176. The highest BCUT2D eigenvalue weighted by Gasteiger charge is 2.06. The van der Waals surface area contributed by atoms with Gasteiger partial charge >= 0.3 is 0 Å². The molecule has 126 valence electrons. The number of aromatic nitrogens is 1. The van der Waals surface area contributed by atoms with Gasteiger partial charge in [-0.1, -0.05) is 15.9 Å². The van der Waals surface area contributed by atoms with Crippen LogP contribution in [0.25, 0.3) is 6.08 Å². The summed E-state index contributed by atoms with van der Waals surface area (Å²) in [5.41, 5.74) is 2.82. The lowest BCUT2D eigenvalue weighted by Crippen LogP contribution is -2.26. The standard InChI is InChI=1S/C18H19BrN2O3/c1-11-8-12(2)21-18(23)15(11)10-20-17(22)7-4-13-9-14(19)5-6-16(13)24-3/h4-9H,10H2,1-3H3,(H,20,22)(H,21,23)/b7-4+. The Hall–Kier alpha value is -2.34. The first-order valence-corrected chi connectivity index (χ1v) is 8.19. The van der Waals surface area contributed by atoms with Crippen molar-refractivity contribution < 1.29 is 9.53 Å². The lowest BCUT2D eigenvalue weighted by atomic mass is 10.1. The monoisotopic (exact) mass is 390 g/mol. The molecule has 0 aliphatic rings. The first-order valence-electron chi connectivity index (χ1n) is 7.39. The Morgan fingerprint density at radius 1 is 1.33 bits per heavy atom. The number of aryl methyl sites for hydroxylation is 2. The topological polar surface area (TPSA) is 71.2 Å². The second kappa shape index (κ2) is 7.97. The first-order chi connectivity index (χ1) is 11.4. The van der Waals surface area contributed by atoms with Crippen LogP contribution in [0.4, 0.5) is 0 Å². The molecule has 0 atom stereocenters. The van der Waals surface area contributed by atoms with E-state index in [1.54, 1.807) is 13.2 Å². The van der Waals surface area contributed by atoms with Crippen molar-refractivity contribution in [2.75, 3.05) is 7.11 Å². The quantitative estimate of drug-likeness (QED) is 0.770. The van der Waals surface area contributed by atoms with Crippen LogP contribution in [0.1, 0.15) is 22.4 Å². The highest BCUT2D eigenvalue weighted by atomic mass is 79.9. The first kappa shape index (κ1) is 18.0. The molecule has 0 bridgehead atoms. The number of aromatic amines is 1. The molecule has 0 unspecified atom stereocenters. The summed E-state index contributed by atoms with van der Waals surface area (Å²) < 4.78 is 6.15. The predicted octanol–water partition coefficient (Wildman–Crippen LogP) is 3.09. The highest BCUT2D eigenvalue weighted by Crippen LogP contribution is 2.24. The van der Waals surface area contributed by atoms with E-state index in [1.165, 1.54) is 6.08 Å². The predicted molar refractivity (Wildman–Crippen MR) is 98.1 cm³/mol. The second-order valence-corrected chi connectivity index (χ2v) is 6.30. The fourth-order valence-corrected chi connectivity index (χ4v) is 2.72. The van der Waals surface area contributed by atoms with Gasteiger partial charge in [-0.3, -0.25) is 9.59 Å². The van der Waals surface area contributed by atoms with E-state index in [4.69, 9.17) is 4.74 Å². The van der Waals surface area contributed by atoms with Crippen LogP contribution in [0.2, 0.25) is 0 Å². The number of benzene rings is 1. The molecule has 2 aromatic rings. The molecule has 0 saturated carbocycles. The number of carbonyl (C=O) groups is 1. The molecule has 6 heteroatoms. The van der Waals surface area contributed by atoms with Crippen molar-refractivity contribution in [3.8, 4) is 5.75 Å². The molecule has 1 amide bonds. The Balaban J connectivity index is 2.07. The summed E-state index contributed by atoms with van der Waals surface area (Å²) >= 11 is 3.39. The number of hydrogen-bond donors (Lipinski definition) is 2. The van der Waals surface area contributed by atoms with Gasteiger partial charge in [0.05, 0.1) is 7.11 Å². The van der Waals surface area contributed by atoms with E-state index < -0.39 is 0 Å². The minimum atomic E-state index is -0.281. The Morgan fingerprint density at radius 3 is 2.75 bits per heavy atom. The Morgan fingerprint density at radius 2 is 2.08 bits per heavy atom. The number of carbonyl (C=O) groups excluding carboxylic acids is 1. The summed E-state index contributed by atoms with van der Waals surface area (Å²) in [4.78, 5) is 26.7. The van der Waals surface area contributed by atoms with Crippen LogP contribution in [0.5, 0.6) is 5.75 Å². The van der Waals surface area contributed by atoms with Crippen molar-refractivity contribution >= 4 is 27.9 Å². The van der Waals surface area contributed by atoms with Crippen LogP contribution in [0.15, 0.2) is 39.6 Å². The van der Waals surface area contributed by atoms with Gasteiger partial charge < -0.3 is 15.0 Å². The molecule has 0 saturated heterocycles. The molecule has 1 heterocycles. The summed E-state index contributed by atoms with van der Waals surface area (Å²) in [6.45, 7) is 3.86. The molecule has 1 aromatic heterocycles. The Labute approximate surface area is 148 Å². The molecular formula is C18H19BrN2O3. The van der Waals surface area contributed by atoms with Crippen LogP contribution in [-0.2, 0) is 11.3 Å². The van der Waals surface area contributed by atoms with Crippen LogP contribution in [-0.4, -0.2) is 18.0 Å².